The lowest BCUT2D eigenvalue weighted by Crippen LogP contribution is -2.59. The van der Waals surface area contributed by atoms with Crippen LogP contribution >= 0.6 is 0 Å². The lowest BCUT2D eigenvalue weighted by molar-refractivity contribution is -0.146. The molecule has 1 saturated carbocycles. The topological polar surface area (TPSA) is 145 Å². The third-order valence-corrected chi connectivity index (χ3v) is 8.68. The predicted octanol–water partition coefficient (Wildman–Crippen LogP) is -0.00860. The van der Waals surface area contributed by atoms with Crippen molar-refractivity contribution in [2.45, 2.75) is 62.6 Å². The van der Waals surface area contributed by atoms with Crippen LogP contribution in [0.25, 0.3) is 0 Å². The summed E-state index contributed by atoms with van der Waals surface area (Å²) in [6.45, 7) is 0.177. The molecular formula is C27H34N4O6. The number of amides is 4. The number of nitrogens with zero attached hydrogens (tertiary/aromatic N) is 1. The molecule has 0 unspecified atom stereocenters. The van der Waals surface area contributed by atoms with Crippen molar-refractivity contribution in [3.05, 3.63) is 35.9 Å². The summed E-state index contributed by atoms with van der Waals surface area (Å²) in [7, 11) is 0. The molecule has 0 aromatic heterocycles. The third-order valence-electron chi connectivity index (χ3n) is 8.68. The van der Waals surface area contributed by atoms with Crippen LogP contribution in [0.4, 0.5) is 0 Å². The Morgan fingerprint density at radius 2 is 1.92 bits per heavy atom. The van der Waals surface area contributed by atoms with Gasteiger partial charge < -0.3 is 26.0 Å². The molecule has 1 aromatic carbocycles. The molecule has 1 aliphatic carbocycles. The lowest BCUT2D eigenvalue weighted by Gasteiger charge is -2.36. The number of hydrogen-bond acceptors (Lipinski definition) is 6. The van der Waals surface area contributed by atoms with Crippen LogP contribution in [-0.2, 0) is 29.5 Å². The van der Waals surface area contributed by atoms with Crippen LogP contribution in [0.3, 0.4) is 0 Å². The molecule has 4 N–H and O–H groups in total. The molecule has 0 radical (unpaired) electrons. The van der Waals surface area contributed by atoms with E-state index in [2.05, 4.69) is 16.0 Å². The molecule has 37 heavy (non-hydrogen) atoms. The number of carbonyl (C=O) groups is 5. The van der Waals surface area contributed by atoms with Gasteiger partial charge in [0.15, 0.2) is 5.78 Å². The van der Waals surface area contributed by atoms with E-state index in [0.717, 1.165) is 19.3 Å². The standard InChI is InChI=1S/C27H34N4O6/c32-15-21(33)20(13-16-10-12-28-24(16)35)29-25(36)23-19-8-4-5-17(19)14-31(23)26(37)27(11-9-22(34)30-27)18-6-2-1-3-7-18/h1-3,6-7,16-17,19-20,23,32H,4-5,8-15H2,(H,28,35)(H,29,36)(H,30,34)/t16-,17-,19-,20-,23+,27-/m0/s1. The molecule has 5 rings (SSSR count). The number of Topliss-reactive ketones (excluding diaryl/α,β-unsaturated/α-hetero) is 1. The summed E-state index contributed by atoms with van der Waals surface area (Å²) in [4.78, 5) is 66.6. The second-order valence-corrected chi connectivity index (χ2v) is 10.8. The van der Waals surface area contributed by atoms with Crippen LogP contribution in [0.2, 0.25) is 0 Å². The van der Waals surface area contributed by atoms with Crippen molar-refractivity contribution in [2.75, 3.05) is 19.7 Å². The number of nitrogens with one attached hydrogen (secondary N) is 3. The van der Waals surface area contributed by atoms with E-state index in [4.69, 9.17) is 0 Å². The minimum atomic E-state index is -1.24. The highest BCUT2D eigenvalue weighted by Gasteiger charge is 2.56. The first-order valence-electron chi connectivity index (χ1n) is 13.2. The molecule has 4 fully saturated rings. The molecule has 1 aromatic rings. The number of hydrogen-bond donors (Lipinski definition) is 4. The average Bonchev–Trinajstić information content (AvgIpc) is 3.68. The van der Waals surface area contributed by atoms with Gasteiger partial charge in [-0.15, -0.1) is 0 Å². The summed E-state index contributed by atoms with van der Waals surface area (Å²) in [6, 6.07) is 7.32. The Morgan fingerprint density at radius 1 is 1.14 bits per heavy atom. The average molecular weight is 511 g/mol. The number of carbonyl (C=O) groups excluding carboxylic acids is 5. The van der Waals surface area contributed by atoms with Gasteiger partial charge in [-0.1, -0.05) is 36.8 Å². The summed E-state index contributed by atoms with van der Waals surface area (Å²) in [5.41, 5.74) is -0.555. The minimum absolute atomic E-state index is 0.0477. The van der Waals surface area contributed by atoms with Crippen molar-refractivity contribution in [1.29, 1.82) is 0 Å². The van der Waals surface area contributed by atoms with Crippen molar-refractivity contribution < 1.29 is 29.1 Å². The summed E-state index contributed by atoms with van der Waals surface area (Å²) in [5.74, 6) is -1.99. The smallest absolute Gasteiger partial charge is 0.253 e. The highest BCUT2D eigenvalue weighted by atomic mass is 16.3. The van der Waals surface area contributed by atoms with Crippen molar-refractivity contribution in [1.82, 2.24) is 20.9 Å². The fraction of sp³-hybridized carbons (Fsp3) is 0.593. The maximum absolute atomic E-state index is 14.2. The number of aliphatic hydroxyl groups is 1. The first-order chi connectivity index (χ1) is 17.8. The Morgan fingerprint density at radius 3 is 2.57 bits per heavy atom. The van der Waals surface area contributed by atoms with E-state index < -0.39 is 41.8 Å². The van der Waals surface area contributed by atoms with Gasteiger partial charge in [0.2, 0.25) is 17.7 Å². The predicted molar refractivity (Wildman–Crippen MR) is 132 cm³/mol. The molecule has 3 heterocycles. The Bertz CT molecular complexity index is 1090. The van der Waals surface area contributed by atoms with Gasteiger partial charge >= 0.3 is 0 Å². The summed E-state index contributed by atoms with van der Waals surface area (Å²) < 4.78 is 0. The minimum Gasteiger partial charge on any atom is -0.389 e. The molecule has 0 spiro atoms. The zero-order valence-corrected chi connectivity index (χ0v) is 20.8. The zero-order chi connectivity index (χ0) is 26.2. The monoisotopic (exact) mass is 510 g/mol. The van der Waals surface area contributed by atoms with Gasteiger partial charge in [0.1, 0.15) is 18.2 Å². The molecule has 0 bridgehead atoms. The second-order valence-electron chi connectivity index (χ2n) is 10.8. The largest absolute Gasteiger partial charge is 0.389 e. The maximum Gasteiger partial charge on any atom is 0.253 e. The molecule has 3 aliphatic heterocycles. The Balaban J connectivity index is 1.42. The highest BCUT2D eigenvalue weighted by molar-refractivity contribution is 5.99. The van der Waals surface area contributed by atoms with Gasteiger partial charge in [-0.05, 0) is 49.5 Å². The molecule has 4 aliphatic rings. The van der Waals surface area contributed by atoms with Crippen LogP contribution in [0.5, 0.6) is 0 Å². The van der Waals surface area contributed by atoms with Crippen molar-refractivity contribution >= 4 is 29.4 Å². The molecule has 10 nitrogen and oxygen atoms in total. The van der Waals surface area contributed by atoms with E-state index in [1.807, 2.05) is 30.3 Å². The number of aliphatic hydroxyl groups excluding tert-OH is 1. The molecule has 198 valence electrons. The number of likely N-dealkylation sites (tertiary alicyclic amines) is 1. The highest BCUT2D eigenvalue weighted by Crippen LogP contribution is 2.45. The van der Waals surface area contributed by atoms with Gasteiger partial charge in [-0.2, -0.15) is 0 Å². The number of rotatable bonds is 8. The van der Waals surface area contributed by atoms with E-state index in [9.17, 15) is 29.1 Å². The Hall–Kier alpha value is -3.27. The van der Waals surface area contributed by atoms with Gasteiger partial charge in [-0.25, -0.2) is 0 Å². The van der Waals surface area contributed by atoms with Gasteiger partial charge in [0.25, 0.3) is 5.91 Å². The van der Waals surface area contributed by atoms with Gasteiger partial charge in [-0.3, -0.25) is 24.0 Å². The SMILES string of the molecule is O=C1CC[C@@](C(=O)N2C[C@@H]3CCC[C@@H]3[C@@H]2C(=O)N[C@@H](C[C@@H]2CCNC2=O)C(=O)CO)(c2ccccc2)N1. The van der Waals surface area contributed by atoms with Crippen LogP contribution < -0.4 is 16.0 Å². The van der Waals surface area contributed by atoms with Crippen LogP contribution in [0.15, 0.2) is 30.3 Å². The number of benzene rings is 1. The fourth-order valence-electron chi connectivity index (χ4n) is 6.78. The first-order valence-corrected chi connectivity index (χ1v) is 13.2. The van der Waals surface area contributed by atoms with Gasteiger partial charge in [0.05, 0.1) is 6.04 Å². The van der Waals surface area contributed by atoms with E-state index in [0.29, 0.717) is 31.5 Å². The maximum atomic E-state index is 14.2. The Labute approximate surface area is 215 Å². The molecular weight excluding hydrogens is 476 g/mol. The van der Waals surface area contributed by atoms with Crippen molar-refractivity contribution in [3.8, 4) is 0 Å². The second kappa shape index (κ2) is 10.2. The summed E-state index contributed by atoms with van der Waals surface area (Å²) >= 11 is 0. The number of ketones is 1. The quantitative estimate of drug-likeness (QED) is 0.387. The summed E-state index contributed by atoms with van der Waals surface area (Å²) in [6.07, 6.45) is 3.84. The molecule has 10 heteroatoms. The van der Waals surface area contributed by atoms with Crippen molar-refractivity contribution in [2.24, 2.45) is 17.8 Å². The van der Waals surface area contributed by atoms with E-state index in [1.165, 1.54) is 0 Å². The lowest BCUT2D eigenvalue weighted by atomic mass is 9.86. The third kappa shape index (κ3) is 4.63. The zero-order valence-electron chi connectivity index (χ0n) is 20.8. The van der Waals surface area contributed by atoms with Crippen molar-refractivity contribution in [3.63, 3.8) is 0 Å². The molecule has 4 amide bonds. The normalized spacial score (nSPS) is 31.5. The molecule has 6 atom stereocenters. The van der Waals surface area contributed by atoms with Gasteiger partial charge in [0, 0.05) is 25.4 Å². The van der Waals surface area contributed by atoms with Crippen LogP contribution in [0.1, 0.15) is 50.5 Å². The first kappa shape index (κ1) is 25.4. The fourth-order valence-corrected chi connectivity index (χ4v) is 6.78. The van der Waals surface area contributed by atoms with E-state index in [1.54, 1.807) is 4.90 Å². The van der Waals surface area contributed by atoms with Crippen LogP contribution in [-0.4, -0.2) is 71.2 Å². The number of fused-ring (bicyclic) bond motifs is 1. The van der Waals surface area contributed by atoms with E-state index >= 15 is 0 Å². The Kier molecular flexibility index (Phi) is 7.02. The summed E-state index contributed by atoms with van der Waals surface area (Å²) in [5, 5.41) is 18.0. The van der Waals surface area contributed by atoms with E-state index in [-0.39, 0.29) is 42.4 Å². The van der Waals surface area contributed by atoms with Crippen LogP contribution in [0, 0.1) is 17.8 Å². The molecule has 3 saturated heterocycles.